The Balaban J connectivity index is 1.69. The molecule has 0 unspecified atom stereocenters. The highest BCUT2D eigenvalue weighted by atomic mass is 35.5. The Kier molecular flexibility index (Phi) is 5.93. The van der Waals surface area contributed by atoms with E-state index in [-0.39, 0.29) is 24.1 Å². The van der Waals surface area contributed by atoms with Gasteiger partial charge in [0.1, 0.15) is 12.3 Å². The van der Waals surface area contributed by atoms with Crippen LogP contribution in [-0.2, 0) is 11.3 Å². The van der Waals surface area contributed by atoms with Gasteiger partial charge in [-0.3, -0.25) is 9.59 Å². The summed E-state index contributed by atoms with van der Waals surface area (Å²) < 4.78 is 6.87. The Morgan fingerprint density at radius 3 is 2.45 bits per heavy atom. The third-order valence-electron chi connectivity index (χ3n) is 4.70. The Morgan fingerprint density at radius 2 is 1.71 bits per heavy atom. The first kappa shape index (κ1) is 20.9. The number of aromatic nitrogens is 2. The molecule has 6 nitrogen and oxygen atoms in total. The van der Waals surface area contributed by atoms with Gasteiger partial charge in [-0.15, -0.1) is 0 Å². The summed E-state index contributed by atoms with van der Waals surface area (Å²) in [6.07, 6.45) is 0. The molecule has 0 aliphatic rings. The summed E-state index contributed by atoms with van der Waals surface area (Å²) in [6, 6.07) is 18.7. The fraction of sp³-hybridized carbons (Fsp3) is 0.0870. The topological polar surface area (TPSA) is 73.2 Å². The zero-order chi connectivity index (χ0) is 22.0. The van der Waals surface area contributed by atoms with Crippen LogP contribution in [0.4, 0.5) is 5.69 Å². The highest BCUT2D eigenvalue weighted by Crippen LogP contribution is 2.28. The zero-order valence-electron chi connectivity index (χ0n) is 16.4. The molecule has 1 amide bonds. The number of methoxy groups -OCH3 is 1. The average Bonchev–Trinajstić information content (AvgIpc) is 3.12. The number of nitrogens with zero attached hydrogens (tertiary/aromatic N) is 2. The first-order valence-corrected chi connectivity index (χ1v) is 10.1. The van der Waals surface area contributed by atoms with Crippen LogP contribution in [0.25, 0.3) is 11.0 Å². The number of amides is 1. The number of fused-ring (bicyclic) bond motifs is 1. The van der Waals surface area contributed by atoms with Crippen molar-refractivity contribution < 1.29 is 14.3 Å². The van der Waals surface area contributed by atoms with Gasteiger partial charge in [0.05, 0.1) is 23.8 Å². The molecular formula is C23H17Cl2N3O3. The number of halogens is 2. The second kappa shape index (κ2) is 8.79. The molecule has 0 aliphatic carbocycles. The molecule has 0 fully saturated rings. The molecule has 0 saturated heterocycles. The van der Waals surface area contributed by atoms with E-state index in [0.29, 0.717) is 38.1 Å². The van der Waals surface area contributed by atoms with Gasteiger partial charge in [-0.1, -0.05) is 35.3 Å². The molecule has 0 radical (unpaired) electrons. The number of hydrogen-bond acceptors (Lipinski definition) is 4. The average molecular weight is 454 g/mol. The summed E-state index contributed by atoms with van der Waals surface area (Å²) in [6.45, 7) is -0.120. The fourth-order valence-electron chi connectivity index (χ4n) is 3.25. The van der Waals surface area contributed by atoms with E-state index in [2.05, 4.69) is 10.3 Å². The fourth-order valence-corrected chi connectivity index (χ4v) is 3.55. The van der Waals surface area contributed by atoms with Crippen LogP contribution < -0.4 is 10.1 Å². The third kappa shape index (κ3) is 4.40. The van der Waals surface area contributed by atoms with Gasteiger partial charge in [0.25, 0.3) is 0 Å². The minimum atomic E-state index is -0.353. The molecule has 1 N–H and O–H groups in total. The minimum Gasteiger partial charge on any atom is -0.495 e. The molecule has 1 heterocycles. The maximum absolute atomic E-state index is 13.1. The van der Waals surface area contributed by atoms with Gasteiger partial charge in [0.15, 0.2) is 5.82 Å². The van der Waals surface area contributed by atoms with Crippen molar-refractivity contribution in [3.63, 3.8) is 0 Å². The Hall–Kier alpha value is -3.35. The number of para-hydroxylation sites is 2. The Labute approximate surface area is 188 Å². The number of anilines is 1. The van der Waals surface area contributed by atoms with Crippen LogP contribution in [0.5, 0.6) is 5.75 Å². The summed E-state index contributed by atoms with van der Waals surface area (Å²) in [7, 11) is 1.51. The van der Waals surface area contributed by atoms with Crippen molar-refractivity contribution in [2.24, 2.45) is 0 Å². The molecule has 31 heavy (non-hydrogen) atoms. The van der Waals surface area contributed by atoms with E-state index < -0.39 is 0 Å². The van der Waals surface area contributed by atoms with Crippen molar-refractivity contribution in [3.8, 4) is 5.75 Å². The van der Waals surface area contributed by atoms with Gasteiger partial charge >= 0.3 is 0 Å². The quantitative estimate of drug-likeness (QED) is 0.406. The van der Waals surface area contributed by atoms with Gasteiger partial charge in [0.2, 0.25) is 11.7 Å². The molecule has 0 bridgehead atoms. The number of hydrogen-bond donors (Lipinski definition) is 1. The largest absolute Gasteiger partial charge is 0.495 e. The molecule has 156 valence electrons. The lowest BCUT2D eigenvalue weighted by Crippen LogP contribution is -2.22. The van der Waals surface area contributed by atoms with Crippen molar-refractivity contribution in [1.82, 2.24) is 9.55 Å². The lowest BCUT2D eigenvalue weighted by atomic mass is 10.1. The molecule has 0 spiro atoms. The van der Waals surface area contributed by atoms with E-state index in [9.17, 15) is 9.59 Å². The number of rotatable bonds is 6. The van der Waals surface area contributed by atoms with Gasteiger partial charge in [-0.25, -0.2) is 4.98 Å². The molecule has 1 aromatic heterocycles. The van der Waals surface area contributed by atoms with Crippen LogP contribution in [0.1, 0.15) is 16.2 Å². The second-order valence-electron chi connectivity index (χ2n) is 6.74. The highest BCUT2D eigenvalue weighted by molar-refractivity contribution is 6.31. The number of carbonyl (C=O) groups is 2. The van der Waals surface area contributed by atoms with E-state index in [1.807, 2.05) is 18.2 Å². The molecule has 3 aromatic carbocycles. The summed E-state index contributed by atoms with van der Waals surface area (Å²) >= 11 is 12.0. The minimum absolute atomic E-state index is 0.120. The van der Waals surface area contributed by atoms with Crippen LogP contribution in [0.3, 0.4) is 0 Å². The molecule has 0 atom stereocenters. The first-order chi connectivity index (χ1) is 15.0. The van der Waals surface area contributed by atoms with Crippen molar-refractivity contribution >= 4 is 51.6 Å². The molecule has 4 rings (SSSR count). The normalized spacial score (nSPS) is 10.8. The van der Waals surface area contributed by atoms with Gasteiger partial charge in [-0.2, -0.15) is 0 Å². The lowest BCUT2D eigenvalue weighted by Gasteiger charge is -2.12. The number of nitrogens with one attached hydrogen (secondary N) is 1. The van der Waals surface area contributed by atoms with Crippen LogP contribution in [-0.4, -0.2) is 28.4 Å². The summed E-state index contributed by atoms with van der Waals surface area (Å²) in [5.74, 6) is -0.0164. The Bertz CT molecular complexity index is 1280. The van der Waals surface area contributed by atoms with Crippen molar-refractivity contribution in [2.75, 3.05) is 12.4 Å². The summed E-state index contributed by atoms with van der Waals surface area (Å²) in [4.78, 5) is 30.5. The highest BCUT2D eigenvalue weighted by Gasteiger charge is 2.21. The zero-order valence-corrected chi connectivity index (χ0v) is 17.9. The number of imidazole rings is 1. The van der Waals surface area contributed by atoms with Gasteiger partial charge in [0, 0.05) is 15.6 Å². The predicted octanol–water partition coefficient (Wildman–Crippen LogP) is 5.22. The van der Waals surface area contributed by atoms with Crippen LogP contribution in [0.2, 0.25) is 10.0 Å². The predicted molar refractivity (Wildman–Crippen MR) is 121 cm³/mol. The van der Waals surface area contributed by atoms with Crippen molar-refractivity contribution in [3.05, 3.63) is 88.2 Å². The molecule has 8 heteroatoms. The van der Waals surface area contributed by atoms with Crippen molar-refractivity contribution in [2.45, 2.75) is 6.54 Å². The molecule has 0 aliphatic heterocycles. The smallest absolute Gasteiger partial charge is 0.244 e. The summed E-state index contributed by atoms with van der Waals surface area (Å²) in [5, 5.41) is 3.78. The van der Waals surface area contributed by atoms with E-state index in [0.717, 1.165) is 0 Å². The third-order valence-corrected chi connectivity index (χ3v) is 5.19. The summed E-state index contributed by atoms with van der Waals surface area (Å²) in [5.41, 5.74) is 2.16. The first-order valence-electron chi connectivity index (χ1n) is 9.35. The molecule has 0 saturated carbocycles. The van der Waals surface area contributed by atoms with Crippen LogP contribution in [0.15, 0.2) is 66.7 Å². The maximum atomic E-state index is 13.1. The van der Waals surface area contributed by atoms with Gasteiger partial charge < -0.3 is 14.6 Å². The van der Waals surface area contributed by atoms with E-state index >= 15 is 0 Å². The number of carbonyl (C=O) groups excluding carboxylic acids is 2. The van der Waals surface area contributed by atoms with E-state index in [1.165, 1.54) is 7.11 Å². The SMILES string of the molecule is COc1ccc(Cl)cc1NC(=O)Cn1c(C(=O)c2ccc(Cl)cc2)nc2ccccc21. The standard InChI is InChI=1S/C23H17Cl2N3O3/c1-31-20-11-10-16(25)12-18(20)26-21(29)13-28-19-5-3-2-4-17(19)27-23(28)22(30)14-6-8-15(24)9-7-14/h2-12H,13H2,1H3,(H,26,29). The molecule has 4 aromatic rings. The second-order valence-corrected chi connectivity index (χ2v) is 7.61. The maximum Gasteiger partial charge on any atom is 0.244 e. The monoisotopic (exact) mass is 453 g/mol. The number of benzene rings is 3. The van der Waals surface area contributed by atoms with E-state index in [1.54, 1.807) is 53.1 Å². The van der Waals surface area contributed by atoms with E-state index in [4.69, 9.17) is 27.9 Å². The lowest BCUT2D eigenvalue weighted by molar-refractivity contribution is -0.116. The van der Waals surface area contributed by atoms with Crippen molar-refractivity contribution in [1.29, 1.82) is 0 Å². The van der Waals surface area contributed by atoms with Crippen LogP contribution in [0, 0.1) is 0 Å². The molecular weight excluding hydrogens is 437 g/mol. The van der Waals surface area contributed by atoms with Crippen LogP contribution >= 0.6 is 23.2 Å². The van der Waals surface area contributed by atoms with Gasteiger partial charge in [-0.05, 0) is 54.6 Å². The Morgan fingerprint density at radius 1 is 1.00 bits per heavy atom. The number of ether oxygens (including phenoxy) is 1. The number of ketones is 1.